The summed E-state index contributed by atoms with van der Waals surface area (Å²) in [4.78, 5) is 23.0. The van der Waals surface area contributed by atoms with Crippen LogP contribution in [0.2, 0.25) is 0 Å². The molecule has 0 heterocycles. The first-order valence-corrected chi connectivity index (χ1v) is 5.54. The Morgan fingerprint density at radius 2 is 1.83 bits per heavy atom. The van der Waals surface area contributed by atoms with Gasteiger partial charge in [-0.25, -0.2) is 4.79 Å². The van der Waals surface area contributed by atoms with Gasteiger partial charge in [0.15, 0.2) is 5.34 Å². The fourth-order valence-corrected chi connectivity index (χ4v) is 0.985. The Balaban J connectivity index is 0. The molecule has 1 atom stereocenters. The van der Waals surface area contributed by atoms with Crippen LogP contribution in [-0.2, 0) is 9.63 Å². The first-order chi connectivity index (χ1) is 8.25. The molecule has 18 heavy (non-hydrogen) atoms. The lowest BCUT2D eigenvalue weighted by molar-refractivity contribution is -0.192. The van der Waals surface area contributed by atoms with Gasteiger partial charge in [0.2, 0.25) is 0 Å². The highest BCUT2D eigenvalue weighted by Crippen LogP contribution is 2.13. The summed E-state index contributed by atoms with van der Waals surface area (Å²) in [6.07, 6.45) is 0.700. The van der Waals surface area contributed by atoms with E-state index < -0.39 is 12.1 Å². The predicted molar refractivity (Wildman–Crippen MR) is 58.8 cm³/mol. The zero-order valence-corrected chi connectivity index (χ0v) is 10.4. The van der Waals surface area contributed by atoms with E-state index in [1.165, 1.54) is 19.3 Å². The van der Waals surface area contributed by atoms with Crippen LogP contribution in [0, 0.1) is 4.91 Å². The van der Waals surface area contributed by atoms with Crippen LogP contribution in [0.3, 0.4) is 0 Å². The molecule has 0 saturated heterocycles. The number of aliphatic carboxylic acids is 1. The van der Waals surface area contributed by atoms with Crippen molar-refractivity contribution >= 4 is 5.97 Å². The van der Waals surface area contributed by atoms with Gasteiger partial charge in [-0.1, -0.05) is 26.2 Å². The highest BCUT2D eigenvalue weighted by molar-refractivity contribution is 5.73. The molecular weight excluding hydrogens is 255 g/mol. The Morgan fingerprint density at radius 3 is 2.17 bits per heavy atom. The second kappa shape index (κ2) is 10.8. The van der Waals surface area contributed by atoms with Gasteiger partial charge in [-0.05, 0) is 19.8 Å². The van der Waals surface area contributed by atoms with Crippen LogP contribution >= 0.6 is 0 Å². The van der Waals surface area contributed by atoms with Gasteiger partial charge in [-0.3, -0.25) is 0 Å². The molecule has 1 unspecified atom stereocenters. The van der Waals surface area contributed by atoms with Crippen LogP contribution in [-0.4, -0.2) is 23.4 Å². The lowest BCUT2D eigenvalue weighted by Gasteiger charge is -2.05. The van der Waals surface area contributed by atoms with E-state index in [1.54, 1.807) is 0 Å². The average molecular weight is 273 g/mol. The molecule has 0 fully saturated rings. The number of carboxylic acid groups (broad SMARTS) is 1. The fraction of sp³-hybridized carbons (Fsp3) is 0.900. The Bertz CT molecular complexity index is 234. The lowest BCUT2D eigenvalue weighted by Crippen LogP contribution is -2.21. The van der Waals surface area contributed by atoms with Crippen molar-refractivity contribution in [3.8, 4) is 0 Å². The van der Waals surface area contributed by atoms with Gasteiger partial charge < -0.3 is 9.94 Å². The largest absolute Gasteiger partial charge is 0.490 e. The second-order valence-corrected chi connectivity index (χ2v) is 3.64. The molecular formula is C10H18F3NO4. The molecule has 0 aromatic heterocycles. The smallest absolute Gasteiger partial charge is 0.475 e. The summed E-state index contributed by atoms with van der Waals surface area (Å²) < 4.78 is 31.7. The molecule has 0 aliphatic heterocycles. The topological polar surface area (TPSA) is 76.0 Å². The van der Waals surface area contributed by atoms with E-state index in [1.807, 2.05) is 6.92 Å². The molecule has 0 amide bonds. The molecule has 0 spiro atoms. The van der Waals surface area contributed by atoms with E-state index in [-0.39, 0.29) is 6.10 Å². The maximum absolute atomic E-state index is 10.6. The van der Waals surface area contributed by atoms with Crippen molar-refractivity contribution in [3.63, 3.8) is 0 Å². The van der Waals surface area contributed by atoms with E-state index in [9.17, 15) is 18.1 Å². The minimum Gasteiger partial charge on any atom is -0.475 e. The van der Waals surface area contributed by atoms with Gasteiger partial charge in [0.25, 0.3) is 0 Å². The van der Waals surface area contributed by atoms with Gasteiger partial charge in [0, 0.05) is 0 Å². The minimum absolute atomic E-state index is 0.00986. The number of halogens is 3. The summed E-state index contributed by atoms with van der Waals surface area (Å²) >= 11 is 0. The van der Waals surface area contributed by atoms with Crippen molar-refractivity contribution < 1.29 is 27.9 Å². The first kappa shape index (κ1) is 19.0. The number of alkyl halides is 3. The number of carbonyl (C=O) groups is 1. The summed E-state index contributed by atoms with van der Waals surface area (Å²) in [7, 11) is 0. The van der Waals surface area contributed by atoms with Gasteiger partial charge in [0.05, 0.1) is 0 Å². The van der Waals surface area contributed by atoms with Crippen LogP contribution in [0.15, 0.2) is 5.34 Å². The molecule has 0 rings (SSSR count). The van der Waals surface area contributed by atoms with E-state index in [0.717, 1.165) is 12.8 Å². The Morgan fingerprint density at radius 1 is 1.33 bits per heavy atom. The highest BCUT2D eigenvalue weighted by Gasteiger charge is 2.38. The molecule has 0 aromatic rings. The SMILES string of the molecule is CCCCCCC(C)ON=O.O=C(O)C(F)(F)F. The van der Waals surface area contributed by atoms with Crippen LogP contribution in [0.4, 0.5) is 13.2 Å². The van der Waals surface area contributed by atoms with Gasteiger partial charge in [-0.15, -0.1) is 4.91 Å². The van der Waals surface area contributed by atoms with Gasteiger partial charge >= 0.3 is 12.1 Å². The number of rotatable bonds is 7. The van der Waals surface area contributed by atoms with E-state index in [4.69, 9.17) is 9.90 Å². The Kier molecular flexibility index (Phi) is 11.4. The number of carboxylic acids is 1. The Hall–Kier alpha value is -1.34. The lowest BCUT2D eigenvalue weighted by atomic mass is 10.1. The third-order valence-corrected chi connectivity index (χ3v) is 1.93. The third-order valence-electron chi connectivity index (χ3n) is 1.93. The molecule has 108 valence electrons. The first-order valence-electron chi connectivity index (χ1n) is 5.54. The van der Waals surface area contributed by atoms with Crippen molar-refractivity contribution in [1.29, 1.82) is 0 Å². The summed E-state index contributed by atoms with van der Waals surface area (Å²) in [6.45, 7) is 4.04. The number of unbranched alkanes of at least 4 members (excludes halogenated alkanes) is 3. The molecule has 0 saturated carbocycles. The van der Waals surface area contributed by atoms with E-state index in [0.29, 0.717) is 0 Å². The maximum atomic E-state index is 10.6. The quantitative estimate of drug-likeness (QED) is 0.436. The Labute approximate surface area is 103 Å². The summed E-state index contributed by atoms with van der Waals surface area (Å²) in [5.74, 6) is -2.76. The zero-order chi connectivity index (χ0) is 14.6. The minimum atomic E-state index is -5.08. The zero-order valence-electron chi connectivity index (χ0n) is 10.4. The molecule has 5 nitrogen and oxygen atoms in total. The van der Waals surface area contributed by atoms with Crippen molar-refractivity contribution in [2.24, 2.45) is 5.34 Å². The average Bonchev–Trinajstić information content (AvgIpc) is 2.24. The van der Waals surface area contributed by atoms with Crippen LogP contribution in [0.5, 0.6) is 0 Å². The summed E-state index contributed by atoms with van der Waals surface area (Å²) in [6, 6.07) is 0. The standard InChI is InChI=1S/C8H17NO2.C2HF3O2/c1-3-4-5-6-7-8(2)11-9-10;3-2(4,5)1(6)7/h8H,3-7H2,1-2H3;(H,6,7). The maximum Gasteiger partial charge on any atom is 0.490 e. The fourth-order valence-electron chi connectivity index (χ4n) is 0.985. The normalized spacial score (nSPS) is 12.1. The number of hydrogen-bond donors (Lipinski definition) is 1. The number of nitrogens with zero attached hydrogens (tertiary/aromatic N) is 1. The predicted octanol–water partition coefficient (Wildman–Crippen LogP) is 3.68. The summed E-state index contributed by atoms with van der Waals surface area (Å²) in [5.41, 5.74) is 0. The van der Waals surface area contributed by atoms with E-state index >= 15 is 0 Å². The molecule has 0 aliphatic rings. The summed E-state index contributed by atoms with van der Waals surface area (Å²) in [5, 5.41) is 9.51. The molecule has 0 bridgehead atoms. The third kappa shape index (κ3) is 14.7. The molecule has 0 radical (unpaired) electrons. The molecule has 8 heteroatoms. The van der Waals surface area contributed by atoms with Crippen LogP contribution in [0.1, 0.15) is 46.0 Å². The van der Waals surface area contributed by atoms with Crippen molar-refractivity contribution in [1.82, 2.24) is 0 Å². The molecule has 1 N–H and O–H groups in total. The highest BCUT2D eigenvalue weighted by atomic mass is 19.4. The number of hydrogen-bond acceptors (Lipinski definition) is 4. The van der Waals surface area contributed by atoms with Crippen LogP contribution in [0.25, 0.3) is 0 Å². The molecule has 0 aliphatic carbocycles. The van der Waals surface area contributed by atoms with Crippen molar-refractivity contribution in [2.75, 3.05) is 0 Å². The van der Waals surface area contributed by atoms with Crippen LogP contribution < -0.4 is 0 Å². The van der Waals surface area contributed by atoms with Crippen molar-refractivity contribution in [2.45, 2.75) is 58.2 Å². The second-order valence-electron chi connectivity index (χ2n) is 3.64. The monoisotopic (exact) mass is 273 g/mol. The van der Waals surface area contributed by atoms with Crippen molar-refractivity contribution in [3.05, 3.63) is 4.91 Å². The van der Waals surface area contributed by atoms with E-state index in [2.05, 4.69) is 17.1 Å². The molecule has 0 aromatic carbocycles. The van der Waals surface area contributed by atoms with Gasteiger partial charge in [-0.2, -0.15) is 13.2 Å². The van der Waals surface area contributed by atoms with Gasteiger partial charge in [0.1, 0.15) is 6.10 Å².